The Morgan fingerprint density at radius 1 is 1.47 bits per heavy atom. The Balaban J connectivity index is 2.04. The largest absolute Gasteiger partial charge is 0.340 e. The summed E-state index contributed by atoms with van der Waals surface area (Å²) < 4.78 is 23.6. The molecule has 0 aromatic carbocycles. The first-order chi connectivity index (χ1) is 9.02. The number of nitrogens with zero attached hydrogens (tertiary/aromatic N) is 1. The van der Waals surface area contributed by atoms with Crippen molar-refractivity contribution in [3.63, 3.8) is 0 Å². The van der Waals surface area contributed by atoms with Crippen LogP contribution < -0.4 is 5.32 Å². The fourth-order valence-electron chi connectivity index (χ4n) is 2.64. The Kier molecular flexibility index (Phi) is 5.14. The van der Waals surface area contributed by atoms with E-state index >= 15 is 0 Å². The number of rotatable bonds is 3. The molecule has 2 unspecified atom stereocenters. The summed E-state index contributed by atoms with van der Waals surface area (Å²) in [6.07, 6.45) is 2.35. The Bertz CT molecular complexity index is 419. The van der Waals surface area contributed by atoms with Crippen molar-refractivity contribution in [2.24, 2.45) is 5.92 Å². The lowest BCUT2D eigenvalue weighted by Crippen LogP contribution is -2.48. The molecule has 2 aliphatic heterocycles. The number of sulfone groups is 1. The Hall–Kier alpha value is -0.270. The molecule has 0 bridgehead atoms. The van der Waals surface area contributed by atoms with Crippen molar-refractivity contribution in [3.05, 3.63) is 0 Å². The quantitative estimate of drug-likeness (QED) is 0.793. The second-order valence-corrected chi connectivity index (χ2v) is 8.70. The molecular weight excluding hydrogens is 284 g/mol. The lowest BCUT2D eigenvalue weighted by atomic mass is 10.0. The molecule has 19 heavy (non-hydrogen) atoms. The van der Waals surface area contributed by atoms with E-state index in [1.54, 1.807) is 11.9 Å². The molecule has 110 valence electrons. The number of nitrogens with one attached hydrogen (secondary N) is 1. The van der Waals surface area contributed by atoms with Crippen molar-refractivity contribution in [1.29, 1.82) is 0 Å². The van der Waals surface area contributed by atoms with Gasteiger partial charge < -0.3 is 10.2 Å². The minimum Gasteiger partial charge on any atom is -0.340 e. The average molecular weight is 306 g/mol. The molecule has 0 saturated carbocycles. The molecule has 1 N–H and O–H groups in total. The van der Waals surface area contributed by atoms with Crippen molar-refractivity contribution in [2.75, 3.05) is 43.1 Å². The van der Waals surface area contributed by atoms with E-state index in [9.17, 15) is 13.2 Å². The van der Waals surface area contributed by atoms with Gasteiger partial charge in [0.1, 0.15) is 6.04 Å². The number of amides is 1. The summed E-state index contributed by atoms with van der Waals surface area (Å²) >= 11 is 1.93. The van der Waals surface area contributed by atoms with E-state index < -0.39 is 15.9 Å². The molecular formula is C12H22N2O3S2. The van der Waals surface area contributed by atoms with E-state index in [4.69, 9.17) is 0 Å². The van der Waals surface area contributed by atoms with Crippen LogP contribution in [0.25, 0.3) is 0 Å². The molecule has 0 aromatic heterocycles. The van der Waals surface area contributed by atoms with E-state index in [0.29, 0.717) is 19.0 Å². The molecule has 0 aromatic rings. The van der Waals surface area contributed by atoms with Gasteiger partial charge in [0.15, 0.2) is 9.84 Å². The molecule has 2 fully saturated rings. The van der Waals surface area contributed by atoms with E-state index in [1.165, 1.54) is 12.2 Å². The highest BCUT2D eigenvalue weighted by Crippen LogP contribution is 2.24. The fourth-order valence-corrected chi connectivity index (χ4v) is 5.26. The summed E-state index contributed by atoms with van der Waals surface area (Å²) in [4.78, 5) is 14.1. The van der Waals surface area contributed by atoms with Crippen LogP contribution in [0.15, 0.2) is 0 Å². The number of hydrogen-bond donors (Lipinski definition) is 1. The zero-order valence-electron chi connectivity index (χ0n) is 11.3. The minimum absolute atomic E-state index is 0.0563. The lowest BCUT2D eigenvalue weighted by molar-refractivity contribution is -0.132. The van der Waals surface area contributed by atoms with Crippen LogP contribution in [0, 0.1) is 5.92 Å². The average Bonchev–Trinajstić information content (AvgIpc) is 2.51. The summed E-state index contributed by atoms with van der Waals surface area (Å²) in [6, 6.07) is -0.580. The van der Waals surface area contributed by atoms with Crippen LogP contribution in [-0.4, -0.2) is 68.4 Å². The van der Waals surface area contributed by atoms with Gasteiger partial charge in [0.05, 0.1) is 11.5 Å². The first-order valence-electron chi connectivity index (χ1n) is 6.76. The second-order valence-electron chi connectivity index (χ2n) is 5.32. The van der Waals surface area contributed by atoms with Crippen LogP contribution in [0.2, 0.25) is 0 Å². The van der Waals surface area contributed by atoms with Gasteiger partial charge >= 0.3 is 0 Å². The highest BCUT2D eigenvalue weighted by molar-refractivity contribution is 7.99. The van der Waals surface area contributed by atoms with Gasteiger partial charge in [0.25, 0.3) is 0 Å². The van der Waals surface area contributed by atoms with Crippen LogP contribution >= 0.6 is 11.8 Å². The number of hydrogen-bond acceptors (Lipinski definition) is 5. The van der Waals surface area contributed by atoms with Gasteiger partial charge in [-0.3, -0.25) is 4.79 Å². The summed E-state index contributed by atoms with van der Waals surface area (Å²) in [7, 11) is -1.47. The zero-order chi connectivity index (χ0) is 13.9. The molecule has 0 spiro atoms. The highest BCUT2D eigenvalue weighted by Gasteiger charge is 2.33. The van der Waals surface area contributed by atoms with Crippen LogP contribution in [-0.2, 0) is 14.6 Å². The first kappa shape index (κ1) is 15.1. The van der Waals surface area contributed by atoms with Crippen molar-refractivity contribution in [1.82, 2.24) is 10.2 Å². The SMILES string of the molecule is CNC1CS(=O)(=O)CCN(CC2CCCSC2)C1=O. The smallest absolute Gasteiger partial charge is 0.240 e. The standard InChI is InChI=1S/C12H22N2O3S2/c1-13-11-9-19(16,17)6-4-14(12(11)15)7-10-3-2-5-18-8-10/h10-11,13H,2-9H2,1H3. The van der Waals surface area contributed by atoms with Crippen LogP contribution in [0.3, 0.4) is 0 Å². The maximum atomic E-state index is 12.3. The van der Waals surface area contributed by atoms with Gasteiger partial charge in [-0.15, -0.1) is 0 Å². The normalized spacial score (nSPS) is 32.1. The van der Waals surface area contributed by atoms with Gasteiger partial charge in [-0.25, -0.2) is 8.42 Å². The molecule has 2 atom stereocenters. The van der Waals surface area contributed by atoms with Crippen LogP contribution in [0.1, 0.15) is 12.8 Å². The Morgan fingerprint density at radius 3 is 2.89 bits per heavy atom. The molecule has 7 heteroatoms. The van der Waals surface area contributed by atoms with E-state index in [-0.39, 0.29) is 17.4 Å². The Morgan fingerprint density at radius 2 is 2.26 bits per heavy atom. The van der Waals surface area contributed by atoms with Crippen molar-refractivity contribution >= 4 is 27.5 Å². The maximum absolute atomic E-state index is 12.3. The van der Waals surface area contributed by atoms with E-state index in [0.717, 1.165) is 12.2 Å². The topological polar surface area (TPSA) is 66.5 Å². The summed E-state index contributed by atoms with van der Waals surface area (Å²) in [5.41, 5.74) is 0. The molecule has 5 nitrogen and oxygen atoms in total. The minimum atomic E-state index is -3.12. The molecule has 2 heterocycles. The second kappa shape index (κ2) is 6.45. The molecule has 1 amide bonds. The number of likely N-dealkylation sites (N-methyl/N-ethyl adjacent to an activating group) is 1. The van der Waals surface area contributed by atoms with Crippen molar-refractivity contribution in [2.45, 2.75) is 18.9 Å². The third-order valence-electron chi connectivity index (χ3n) is 3.78. The molecule has 0 aliphatic carbocycles. The Labute approximate surface area is 119 Å². The first-order valence-corrected chi connectivity index (χ1v) is 9.73. The predicted molar refractivity (Wildman–Crippen MR) is 78.1 cm³/mol. The van der Waals surface area contributed by atoms with Gasteiger partial charge in [-0.05, 0) is 37.3 Å². The fraction of sp³-hybridized carbons (Fsp3) is 0.917. The number of thioether (sulfide) groups is 1. The third-order valence-corrected chi connectivity index (χ3v) is 6.71. The highest BCUT2D eigenvalue weighted by atomic mass is 32.2. The van der Waals surface area contributed by atoms with Crippen LogP contribution in [0.4, 0.5) is 0 Å². The lowest BCUT2D eigenvalue weighted by Gasteiger charge is -2.30. The predicted octanol–water partition coefficient (Wildman–Crippen LogP) is -0.0254. The van der Waals surface area contributed by atoms with Gasteiger partial charge in [-0.1, -0.05) is 0 Å². The number of carbonyl (C=O) groups excluding carboxylic acids is 1. The summed E-state index contributed by atoms with van der Waals surface area (Å²) in [5, 5.41) is 2.84. The van der Waals surface area contributed by atoms with Gasteiger partial charge in [0.2, 0.25) is 5.91 Å². The molecule has 2 aliphatic rings. The summed E-state index contributed by atoms with van der Waals surface area (Å²) in [5.74, 6) is 2.77. The van der Waals surface area contributed by atoms with Crippen molar-refractivity contribution in [3.8, 4) is 0 Å². The van der Waals surface area contributed by atoms with E-state index in [1.807, 2.05) is 11.8 Å². The van der Waals surface area contributed by atoms with Crippen LogP contribution in [0.5, 0.6) is 0 Å². The summed E-state index contributed by atoms with van der Waals surface area (Å²) in [6.45, 7) is 1.06. The molecule has 2 rings (SSSR count). The maximum Gasteiger partial charge on any atom is 0.240 e. The third kappa shape index (κ3) is 4.10. The van der Waals surface area contributed by atoms with Gasteiger partial charge in [0, 0.05) is 13.1 Å². The van der Waals surface area contributed by atoms with Gasteiger partial charge in [-0.2, -0.15) is 11.8 Å². The molecule has 2 saturated heterocycles. The number of carbonyl (C=O) groups is 1. The zero-order valence-corrected chi connectivity index (χ0v) is 12.9. The molecule has 0 radical (unpaired) electrons. The van der Waals surface area contributed by atoms with E-state index in [2.05, 4.69) is 5.32 Å². The van der Waals surface area contributed by atoms with Crippen molar-refractivity contribution < 1.29 is 13.2 Å². The monoisotopic (exact) mass is 306 g/mol.